The van der Waals surface area contributed by atoms with E-state index in [9.17, 15) is 0 Å². The topological polar surface area (TPSA) is 27.6 Å². The summed E-state index contributed by atoms with van der Waals surface area (Å²) < 4.78 is 0. The van der Waals surface area contributed by atoms with Gasteiger partial charge in [-0.3, -0.25) is 0 Å². The predicted octanol–water partition coefficient (Wildman–Crippen LogP) is 4.18. The molecule has 0 heterocycles. The summed E-state index contributed by atoms with van der Waals surface area (Å²) in [4.78, 5) is 0. The predicted molar refractivity (Wildman–Crippen MR) is 73.4 cm³/mol. The maximum absolute atomic E-state index is 4.09. The van der Waals surface area contributed by atoms with Crippen molar-refractivity contribution in [2.45, 2.75) is 84.5 Å². The van der Waals surface area contributed by atoms with Crippen LogP contribution in [0.15, 0.2) is 0 Å². The van der Waals surface area contributed by atoms with Gasteiger partial charge < -0.3 is 5.73 Å². The van der Waals surface area contributed by atoms with Crippen molar-refractivity contribution in [3.8, 4) is 0 Å². The largest absolute Gasteiger partial charge is 0.357 e. The number of unbranched alkanes of at least 4 members (excludes halogenated alkanes) is 7. The first-order valence-corrected chi connectivity index (χ1v) is 7.64. The third kappa shape index (κ3) is 10.5. The van der Waals surface area contributed by atoms with Gasteiger partial charge in [0.2, 0.25) is 0 Å². The van der Waals surface area contributed by atoms with Gasteiger partial charge in [0.25, 0.3) is 0 Å². The van der Waals surface area contributed by atoms with Crippen LogP contribution in [0, 0.1) is 5.92 Å². The van der Waals surface area contributed by atoms with Crippen LogP contribution in [-0.2, 0) is 0 Å². The second kappa shape index (κ2) is 13.0. The zero-order chi connectivity index (χ0) is 12.1. The van der Waals surface area contributed by atoms with Crippen LogP contribution in [0.4, 0.5) is 0 Å². The first-order chi connectivity index (χ1) is 7.85. The summed E-state index contributed by atoms with van der Waals surface area (Å²) in [6.45, 7) is 5.72. The highest BCUT2D eigenvalue weighted by molar-refractivity contribution is 4.58. The molecule has 1 unspecified atom stereocenters. The Balaban J connectivity index is 3.26. The van der Waals surface area contributed by atoms with E-state index in [1.54, 1.807) is 0 Å². The lowest BCUT2D eigenvalue weighted by molar-refractivity contribution is -0.379. The molecule has 3 N–H and O–H groups in total. The zero-order valence-corrected chi connectivity index (χ0v) is 11.8. The maximum Gasteiger partial charge on any atom is 0.0768 e. The number of hydrogen-bond acceptors (Lipinski definition) is 0. The van der Waals surface area contributed by atoms with Crippen molar-refractivity contribution < 1.29 is 5.73 Å². The van der Waals surface area contributed by atoms with Gasteiger partial charge >= 0.3 is 0 Å². The smallest absolute Gasteiger partial charge is 0.0768 e. The van der Waals surface area contributed by atoms with Gasteiger partial charge in [-0.15, -0.1) is 0 Å². The number of quaternary nitrogens is 1. The Bertz CT molecular complexity index is 123. The van der Waals surface area contributed by atoms with Gasteiger partial charge in [0, 0.05) is 5.92 Å². The molecule has 0 radical (unpaired) electrons. The molecule has 0 aromatic carbocycles. The van der Waals surface area contributed by atoms with Crippen LogP contribution in [0.3, 0.4) is 0 Å². The van der Waals surface area contributed by atoms with E-state index >= 15 is 0 Å². The van der Waals surface area contributed by atoms with Crippen molar-refractivity contribution >= 4 is 0 Å². The van der Waals surface area contributed by atoms with Crippen molar-refractivity contribution in [3.63, 3.8) is 0 Å². The third-order valence-corrected chi connectivity index (χ3v) is 3.59. The minimum Gasteiger partial charge on any atom is -0.357 e. The van der Waals surface area contributed by atoms with Crippen LogP contribution >= 0.6 is 0 Å². The molecule has 0 aromatic rings. The molecule has 1 heteroatoms. The SMILES string of the molecule is CCCCCCCCC(C[NH3+])CCCCC. The lowest BCUT2D eigenvalue weighted by atomic mass is 9.95. The fourth-order valence-electron chi connectivity index (χ4n) is 2.33. The normalized spacial score (nSPS) is 12.9. The van der Waals surface area contributed by atoms with Crippen LogP contribution in [0.25, 0.3) is 0 Å². The minimum absolute atomic E-state index is 0.915. The average Bonchev–Trinajstić information content (AvgIpc) is 2.31. The molecule has 98 valence electrons. The summed E-state index contributed by atoms with van der Waals surface area (Å²) in [5, 5.41) is 0. The third-order valence-electron chi connectivity index (χ3n) is 3.59. The van der Waals surface area contributed by atoms with E-state index < -0.39 is 0 Å². The molecule has 0 aliphatic rings. The molecule has 0 aliphatic heterocycles. The first-order valence-electron chi connectivity index (χ1n) is 7.64. The summed E-state index contributed by atoms with van der Waals surface area (Å²) in [6.07, 6.45) is 15.6. The quantitative estimate of drug-likeness (QED) is 0.485. The molecule has 0 spiro atoms. The van der Waals surface area contributed by atoms with Crippen molar-refractivity contribution in [2.24, 2.45) is 5.92 Å². The molecule has 0 fully saturated rings. The molecule has 0 bridgehead atoms. The van der Waals surface area contributed by atoms with Gasteiger partial charge in [0.1, 0.15) is 0 Å². The van der Waals surface area contributed by atoms with Gasteiger partial charge in [-0.25, -0.2) is 0 Å². The fourth-order valence-corrected chi connectivity index (χ4v) is 2.33. The van der Waals surface area contributed by atoms with Crippen molar-refractivity contribution in [3.05, 3.63) is 0 Å². The molecular formula is C15H34N+. The van der Waals surface area contributed by atoms with Gasteiger partial charge in [0.15, 0.2) is 0 Å². The van der Waals surface area contributed by atoms with Gasteiger partial charge in [-0.2, -0.15) is 0 Å². The van der Waals surface area contributed by atoms with E-state index in [1.807, 2.05) is 0 Å². The molecule has 16 heavy (non-hydrogen) atoms. The van der Waals surface area contributed by atoms with Crippen molar-refractivity contribution in [2.75, 3.05) is 6.54 Å². The Morgan fingerprint density at radius 3 is 1.69 bits per heavy atom. The summed E-state index contributed by atoms with van der Waals surface area (Å²) in [5.41, 5.74) is 4.09. The first kappa shape index (κ1) is 16.0. The van der Waals surface area contributed by atoms with Gasteiger partial charge in [-0.1, -0.05) is 71.6 Å². The highest BCUT2D eigenvalue weighted by Gasteiger charge is 2.07. The van der Waals surface area contributed by atoms with Crippen LogP contribution in [-0.4, -0.2) is 6.54 Å². The second-order valence-electron chi connectivity index (χ2n) is 5.21. The molecular weight excluding hydrogens is 194 g/mol. The molecule has 0 aliphatic carbocycles. The van der Waals surface area contributed by atoms with Crippen molar-refractivity contribution in [1.82, 2.24) is 0 Å². The van der Waals surface area contributed by atoms with Crippen LogP contribution in [0.2, 0.25) is 0 Å². The molecule has 0 saturated carbocycles. The van der Waals surface area contributed by atoms with Crippen LogP contribution in [0.1, 0.15) is 84.5 Å². The molecule has 0 amide bonds. The number of hydrogen-bond donors (Lipinski definition) is 1. The van der Waals surface area contributed by atoms with E-state index in [0.29, 0.717) is 0 Å². The Morgan fingerprint density at radius 2 is 1.12 bits per heavy atom. The van der Waals surface area contributed by atoms with Gasteiger partial charge in [0.05, 0.1) is 6.54 Å². The molecule has 0 rings (SSSR count). The highest BCUT2D eigenvalue weighted by Crippen LogP contribution is 2.16. The van der Waals surface area contributed by atoms with Gasteiger partial charge in [-0.05, 0) is 12.8 Å². The molecule has 0 saturated heterocycles. The zero-order valence-electron chi connectivity index (χ0n) is 11.8. The Labute approximate surface area is 103 Å². The standard InChI is InChI=1S/C15H33N/c1-3-5-7-8-9-11-13-15(14-16)12-10-6-4-2/h15H,3-14,16H2,1-2H3/p+1. The molecule has 1 nitrogen and oxygen atoms in total. The summed E-state index contributed by atoms with van der Waals surface area (Å²) in [6, 6.07) is 0. The van der Waals surface area contributed by atoms with E-state index in [-0.39, 0.29) is 0 Å². The second-order valence-corrected chi connectivity index (χ2v) is 5.21. The number of rotatable bonds is 12. The van der Waals surface area contributed by atoms with E-state index in [0.717, 1.165) is 12.5 Å². The summed E-state index contributed by atoms with van der Waals surface area (Å²) >= 11 is 0. The summed E-state index contributed by atoms with van der Waals surface area (Å²) in [5.74, 6) is 0.915. The van der Waals surface area contributed by atoms with E-state index in [4.69, 9.17) is 0 Å². The lowest BCUT2D eigenvalue weighted by Gasteiger charge is -2.12. The average molecular weight is 228 g/mol. The molecule has 0 aromatic heterocycles. The maximum atomic E-state index is 4.09. The monoisotopic (exact) mass is 228 g/mol. The Morgan fingerprint density at radius 1 is 0.688 bits per heavy atom. The van der Waals surface area contributed by atoms with Crippen LogP contribution in [0.5, 0.6) is 0 Å². The Hall–Kier alpha value is -0.0400. The summed E-state index contributed by atoms with van der Waals surface area (Å²) in [7, 11) is 0. The fraction of sp³-hybridized carbons (Fsp3) is 1.00. The van der Waals surface area contributed by atoms with E-state index in [1.165, 1.54) is 70.6 Å². The highest BCUT2D eigenvalue weighted by atomic mass is 14.5. The lowest BCUT2D eigenvalue weighted by Crippen LogP contribution is -2.53. The molecule has 1 atom stereocenters. The Kier molecular flexibility index (Phi) is 13.0. The van der Waals surface area contributed by atoms with Crippen molar-refractivity contribution in [1.29, 1.82) is 0 Å². The minimum atomic E-state index is 0.915. The van der Waals surface area contributed by atoms with Crippen LogP contribution < -0.4 is 5.73 Å². The van der Waals surface area contributed by atoms with E-state index in [2.05, 4.69) is 19.6 Å².